The van der Waals surface area contributed by atoms with Crippen LogP contribution in [0.3, 0.4) is 0 Å². The Morgan fingerprint density at radius 3 is 2.82 bits per heavy atom. The number of nitrogens with one attached hydrogen (secondary N) is 1. The Hall–Kier alpha value is -2.28. The highest BCUT2D eigenvalue weighted by atomic mass is 19.1. The largest absolute Gasteiger partial charge is 0.345 e. The van der Waals surface area contributed by atoms with Gasteiger partial charge in [0.15, 0.2) is 0 Å². The molecule has 2 atom stereocenters. The molecule has 0 saturated heterocycles. The molecule has 1 heterocycles. The summed E-state index contributed by atoms with van der Waals surface area (Å²) in [4.78, 5) is 15.9. The molecule has 0 aliphatic heterocycles. The summed E-state index contributed by atoms with van der Waals surface area (Å²) in [5.41, 5.74) is 6.73. The van der Waals surface area contributed by atoms with Crippen LogP contribution in [0.25, 0.3) is 11.4 Å². The molecule has 1 aromatic carbocycles. The molecule has 2 aromatic rings. The average Bonchev–Trinajstić information content (AvgIpc) is 2.90. The van der Waals surface area contributed by atoms with Crippen LogP contribution in [0.1, 0.15) is 37.8 Å². The summed E-state index contributed by atoms with van der Waals surface area (Å²) in [6.45, 7) is 5.16. The van der Waals surface area contributed by atoms with E-state index in [4.69, 9.17) is 10.3 Å². The number of amides is 1. The zero-order valence-electron chi connectivity index (χ0n) is 12.8. The molecule has 6 nitrogen and oxygen atoms in total. The van der Waals surface area contributed by atoms with Gasteiger partial charge in [0.2, 0.25) is 17.6 Å². The van der Waals surface area contributed by atoms with E-state index < -0.39 is 6.04 Å². The highest BCUT2D eigenvalue weighted by molar-refractivity contribution is 5.76. The zero-order chi connectivity index (χ0) is 16.3. The van der Waals surface area contributed by atoms with E-state index in [1.807, 2.05) is 0 Å². The molecule has 0 bridgehead atoms. The number of nitrogens with two attached hydrogens (primary N) is 1. The van der Waals surface area contributed by atoms with Crippen molar-refractivity contribution in [2.45, 2.75) is 39.3 Å². The van der Waals surface area contributed by atoms with E-state index in [0.29, 0.717) is 17.0 Å². The van der Waals surface area contributed by atoms with Gasteiger partial charge in [0.05, 0.1) is 0 Å². The number of carbonyl (C=O) groups excluding carboxylic acids is 1. The van der Waals surface area contributed by atoms with E-state index in [9.17, 15) is 9.18 Å². The molecule has 0 radical (unpaired) electrons. The lowest BCUT2D eigenvalue weighted by molar-refractivity contribution is -0.122. The van der Waals surface area contributed by atoms with Gasteiger partial charge in [0, 0.05) is 18.0 Å². The molecule has 2 unspecified atom stereocenters. The first-order chi connectivity index (χ1) is 10.4. The van der Waals surface area contributed by atoms with E-state index in [1.165, 1.54) is 6.07 Å². The van der Waals surface area contributed by atoms with Gasteiger partial charge in [-0.25, -0.2) is 4.39 Å². The molecule has 0 saturated carbocycles. The van der Waals surface area contributed by atoms with Crippen molar-refractivity contribution < 1.29 is 13.7 Å². The number of aryl methyl sites for hydroxylation is 1. The van der Waals surface area contributed by atoms with Crippen LogP contribution in [0.5, 0.6) is 0 Å². The second-order valence-electron chi connectivity index (χ2n) is 5.39. The van der Waals surface area contributed by atoms with Crippen LogP contribution in [0, 0.1) is 12.7 Å². The van der Waals surface area contributed by atoms with Crippen molar-refractivity contribution in [3.63, 3.8) is 0 Å². The fraction of sp³-hybridized carbons (Fsp3) is 0.400. The first-order valence-electron chi connectivity index (χ1n) is 7.02. The molecule has 2 rings (SSSR count). The lowest BCUT2D eigenvalue weighted by Gasteiger charge is -2.10. The summed E-state index contributed by atoms with van der Waals surface area (Å²) >= 11 is 0. The predicted molar refractivity (Wildman–Crippen MR) is 79.3 cm³/mol. The van der Waals surface area contributed by atoms with Gasteiger partial charge < -0.3 is 15.6 Å². The number of hydrogen-bond donors (Lipinski definition) is 2. The Bertz CT molecular complexity index is 669. The fourth-order valence-electron chi connectivity index (χ4n) is 1.97. The number of benzene rings is 1. The number of rotatable bonds is 5. The molecule has 1 amide bonds. The molecule has 7 heteroatoms. The molecule has 118 valence electrons. The van der Waals surface area contributed by atoms with Crippen molar-refractivity contribution in [1.29, 1.82) is 0 Å². The van der Waals surface area contributed by atoms with Gasteiger partial charge in [-0.05, 0) is 44.5 Å². The maximum atomic E-state index is 13.3. The van der Waals surface area contributed by atoms with Crippen LogP contribution < -0.4 is 11.1 Å². The average molecular weight is 306 g/mol. The molecular formula is C15H19FN4O2. The van der Waals surface area contributed by atoms with Crippen molar-refractivity contribution in [2.75, 3.05) is 0 Å². The standard InChI is InChI=1S/C15H19FN4O2/c1-8-6-11(4-5-12(8)16)14-19-15(22-20-14)10(3)18-13(21)7-9(2)17/h4-6,9-10H,7,17H2,1-3H3,(H,18,21). The van der Waals surface area contributed by atoms with Gasteiger partial charge >= 0.3 is 0 Å². The van der Waals surface area contributed by atoms with Gasteiger partial charge in [-0.3, -0.25) is 4.79 Å². The number of carbonyl (C=O) groups is 1. The third-order valence-electron chi connectivity index (χ3n) is 3.11. The molecule has 0 fully saturated rings. The van der Waals surface area contributed by atoms with Crippen LogP contribution in [0.15, 0.2) is 22.7 Å². The van der Waals surface area contributed by atoms with E-state index in [1.54, 1.807) is 32.9 Å². The molecule has 0 aliphatic rings. The molecular weight excluding hydrogens is 287 g/mol. The van der Waals surface area contributed by atoms with Crippen LogP contribution in [-0.4, -0.2) is 22.1 Å². The predicted octanol–water partition coefficient (Wildman–Crippen LogP) is 2.10. The van der Waals surface area contributed by atoms with E-state index >= 15 is 0 Å². The van der Waals surface area contributed by atoms with Gasteiger partial charge in [-0.2, -0.15) is 4.98 Å². The summed E-state index contributed by atoms with van der Waals surface area (Å²) in [6.07, 6.45) is 0.225. The van der Waals surface area contributed by atoms with Crippen molar-refractivity contribution in [3.8, 4) is 11.4 Å². The minimum atomic E-state index is -0.422. The SMILES string of the molecule is Cc1cc(-c2noc(C(C)NC(=O)CC(C)N)n2)ccc1F. The molecule has 1 aromatic heterocycles. The Labute approximate surface area is 127 Å². The first-order valence-corrected chi connectivity index (χ1v) is 7.02. The topological polar surface area (TPSA) is 94.0 Å². The second-order valence-corrected chi connectivity index (χ2v) is 5.39. The maximum absolute atomic E-state index is 13.3. The monoisotopic (exact) mass is 306 g/mol. The van der Waals surface area contributed by atoms with Crippen LogP contribution >= 0.6 is 0 Å². The Morgan fingerprint density at radius 1 is 1.45 bits per heavy atom. The van der Waals surface area contributed by atoms with Gasteiger partial charge in [0.25, 0.3) is 0 Å². The smallest absolute Gasteiger partial charge is 0.249 e. The maximum Gasteiger partial charge on any atom is 0.249 e. The van der Waals surface area contributed by atoms with E-state index in [0.717, 1.165) is 0 Å². The lowest BCUT2D eigenvalue weighted by Crippen LogP contribution is -2.31. The molecule has 22 heavy (non-hydrogen) atoms. The van der Waals surface area contributed by atoms with Gasteiger partial charge in [-0.15, -0.1) is 0 Å². The number of nitrogens with zero attached hydrogens (tertiary/aromatic N) is 2. The Morgan fingerprint density at radius 2 is 2.18 bits per heavy atom. The van der Waals surface area contributed by atoms with Crippen molar-refractivity contribution in [1.82, 2.24) is 15.5 Å². The minimum absolute atomic E-state index is 0.181. The van der Waals surface area contributed by atoms with Crippen LogP contribution in [0.2, 0.25) is 0 Å². The number of halogens is 1. The number of hydrogen-bond acceptors (Lipinski definition) is 5. The Kier molecular flexibility index (Phi) is 4.87. The first kappa shape index (κ1) is 16.1. The number of aromatic nitrogens is 2. The Balaban J connectivity index is 2.10. The summed E-state index contributed by atoms with van der Waals surface area (Å²) in [6, 6.07) is 3.94. The third kappa shape index (κ3) is 3.88. The van der Waals surface area contributed by atoms with Gasteiger partial charge in [0.1, 0.15) is 11.9 Å². The van der Waals surface area contributed by atoms with Gasteiger partial charge in [-0.1, -0.05) is 5.16 Å². The summed E-state index contributed by atoms with van der Waals surface area (Å²) < 4.78 is 18.4. The normalized spacial score (nSPS) is 13.7. The highest BCUT2D eigenvalue weighted by Crippen LogP contribution is 2.21. The summed E-state index contributed by atoms with van der Waals surface area (Å²) in [5.74, 6) is 0.172. The molecule has 3 N–H and O–H groups in total. The minimum Gasteiger partial charge on any atom is -0.345 e. The lowest BCUT2D eigenvalue weighted by atomic mass is 10.1. The molecule has 0 aliphatic carbocycles. The van der Waals surface area contributed by atoms with Crippen molar-refractivity contribution in [3.05, 3.63) is 35.5 Å². The molecule has 0 spiro atoms. The van der Waals surface area contributed by atoms with Crippen LogP contribution in [-0.2, 0) is 4.79 Å². The second kappa shape index (κ2) is 6.65. The van der Waals surface area contributed by atoms with E-state index in [-0.39, 0.29) is 30.1 Å². The summed E-state index contributed by atoms with van der Waals surface area (Å²) in [5, 5.41) is 6.60. The third-order valence-corrected chi connectivity index (χ3v) is 3.11. The van der Waals surface area contributed by atoms with Crippen molar-refractivity contribution in [2.24, 2.45) is 5.73 Å². The van der Waals surface area contributed by atoms with E-state index in [2.05, 4.69) is 15.5 Å². The zero-order valence-corrected chi connectivity index (χ0v) is 12.8. The summed E-state index contributed by atoms with van der Waals surface area (Å²) in [7, 11) is 0. The fourth-order valence-corrected chi connectivity index (χ4v) is 1.97. The van der Waals surface area contributed by atoms with Crippen LogP contribution in [0.4, 0.5) is 4.39 Å². The van der Waals surface area contributed by atoms with Crippen molar-refractivity contribution >= 4 is 5.91 Å². The quantitative estimate of drug-likeness (QED) is 0.882. The highest BCUT2D eigenvalue weighted by Gasteiger charge is 2.18.